The minimum atomic E-state index is -3.98. The Labute approximate surface area is 172 Å². The van der Waals surface area contributed by atoms with E-state index < -0.39 is 40.1 Å². The lowest BCUT2D eigenvalue weighted by atomic mass is 9.92. The Morgan fingerprint density at radius 3 is 2.53 bits per heavy atom. The van der Waals surface area contributed by atoms with Crippen LogP contribution in [0, 0.1) is 6.92 Å². The Morgan fingerprint density at radius 2 is 1.93 bits per heavy atom. The summed E-state index contributed by atoms with van der Waals surface area (Å²) in [6.45, 7) is 2.57. The van der Waals surface area contributed by atoms with Crippen LogP contribution in [0.5, 0.6) is 5.75 Å². The van der Waals surface area contributed by atoms with Crippen molar-refractivity contribution < 1.29 is 32.6 Å². The number of aliphatic carboxylic acids is 1. The average Bonchev–Trinajstić information content (AvgIpc) is 2.93. The smallest absolute Gasteiger partial charge is 0.341 e. The number of benzene rings is 2. The number of imide groups is 1. The summed E-state index contributed by atoms with van der Waals surface area (Å²) in [6, 6.07) is 9.52. The third-order valence-corrected chi connectivity index (χ3v) is 5.92. The maximum absolute atomic E-state index is 12.8. The molecular formula is C19H19N3O7S. The number of carboxylic acids is 1. The van der Waals surface area contributed by atoms with E-state index in [4.69, 9.17) is 9.84 Å². The number of sulfonamides is 1. The van der Waals surface area contributed by atoms with Gasteiger partial charge in [0.05, 0.1) is 4.90 Å². The van der Waals surface area contributed by atoms with E-state index in [1.807, 2.05) is 0 Å². The first kappa shape index (κ1) is 21.1. The van der Waals surface area contributed by atoms with Gasteiger partial charge in [-0.1, -0.05) is 12.1 Å². The molecule has 10 nitrogen and oxygen atoms in total. The molecule has 4 N–H and O–H groups in total. The second-order valence-corrected chi connectivity index (χ2v) is 8.51. The molecule has 0 aliphatic carbocycles. The number of hydrogen-bond acceptors (Lipinski definition) is 6. The number of nitrogens with one attached hydrogen (secondary N) is 3. The number of hydrogen-bond donors (Lipinski definition) is 4. The standard InChI is InChI=1S/C19H19N3O7S/c1-11-8-14(6-7-15(11)29-10-16(23)24)30(27,28)22-13-5-3-4-12(9-13)19(2)17(25)20-18(26)21-19/h3-9,22H,10H2,1-2H3,(H,23,24)(H2,20,21,25,26). The number of ether oxygens (including phenoxy) is 1. The van der Waals surface area contributed by atoms with Crippen molar-refractivity contribution in [2.75, 3.05) is 11.3 Å². The molecule has 1 heterocycles. The van der Waals surface area contributed by atoms with Gasteiger partial charge in [0.25, 0.3) is 15.9 Å². The number of urea groups is 1. The molecule has 0 spiro atoms. The molecule has 158 valence electrons. The lowest BCUT2D eigenvalue weighted by Gasteiger charge is -2.22. The molecule has 3 rings (SSSR count). The summed E-state index contributed by atoms with van der Waals surface area (Å²) < 4.78 is 33.1. The van der Waals surface area contributed by atoms with Crippen molar-refractivity contribution in [1.29, 1.82) is 0 Å². The molecule has 1 unspecified atom stereocenters. The molecular weight excluding hydrogens is 414 g/mol. The molecule has 2 aromatic carbocycles. The van der Waals surface area contributed by atoms with Gasteiger partial charge >= 0.3 is 12.0 Å². The molecule has 1 aliphatic rings. The van der Waals surface area contributed by atoms with Crippen LogP contribution in [0.2, 0.25) is 0 Å². The summed E-state index contributed by atoms with van der Waals surface area (Å²) in [5.74, 6) is -1.43. The molecule has 3 amide bonds. The lowest BCUT2D eigenvalue weighted by Crippen LogP contribution is -2.40. The van der Waals surface area contributed by atoms with Gasteiger partial charge in [-0.05, 0) is 55.3 Å². The largest absolute Gasteiger partial charge is 0.482 e. The Morgan fingerprint density at radius 1 is 1.20 bits per heavy atom. The van der Waals surface area contributed by atoms with Crippen LogP contribution in [0.4, 0.5) is 10.5 Å². The van der Waals surface area contributed by atoms with E-state index in [-0.39, 0.29) is 16.3 Å². The molecule has 0 radical (unpaired) electrons. The van der Waals surface area contributed by atoms with Crippen LogP contribution in [0.25, 0.3) is 0 Å². The predicted octanol–water partition coefficient (Wildman–Crippen LogP) is 1.31. The summed E-state index contributed by atoms with van der Waals surface area (Å²) in [4.78, 5) is 34.2. The molecule has 1 atom stereocenters. The van der Waals surface area contributed by atoms with Gasteiger partial charge in [0.15, 0.2) is 6.61 Å². The third-order valence-electron chi connectivity index (χ3n) is 4.54. The zero-order valence-electron chi connectivity index (χ0n) is 16.1. The molecule has 0 saturated carbocycles. The van der Waals surface area contributed by atoms with Crippen molar-refractivity contribution >= 4 is 33.6 Å². The van der Waals surface area contributed by atoms with Crippen molar-refractivity contribution in [3.05, 3.63) is 53.6 Å². The Kier molecular flexibility index (Phi) is 5.40. The maximum Gasteiger partial charge on any atom is 0.341 e. The second kappa shape index (κ2) is 7.67. The van der Waals surface area contributed by atoms with Crippen LogP contribution in [-0.2, 0) is 25.2 Å². The Hall–Kier alpha value is -3.60. The van der Waals surface area contributed by atoms with E-state index in [1.165, 1.54) is 37.3 Å². The highest BCUT2D eigenvalue weighted by Gasteiger charge is 2.43. The topological polar surface area (TPSA) is 151 Å². The fraction of sp³-hybridized carbons (Fsp3) is 0.211. The fourth-order valence-electron chi connectivity index (χ4n) is 2.94. The second-order valence-electron chi connectivity index (χ2n) is 6.83. The van der Waals surface area contributed by atoms with E-state index in [1.54, 1.807) is 19.1 Å². The van der Waals surface area contributed by atoms with Crippen molar-refractivity contribution in [3.8, 4) is 5.75 Å². The zero-order chi connectivity index (χ0) is 22.1. The van der Waals surface area contributed by atoms with Crippen molar-refractivity contribution in [2.45, 2.75) is 24.3 Å². The molecule has 1 saturated heterocycles. The molecule has 30 heavy (non-hydrogen) atoms. The summed E-state index contributed by atoms with van der Waals surface area (Å²) in [7, 11) is -3.98. The van der Waals surface area contributed by atoms with Gasteiger partial charge in [0.2, 0.25) is 0 Å². The summed E-state index contributed by atoms with van der Waals surface area (Å²) in [5.41, 5.74) is -0.268. The van der Waals surface area contributed by atoms with Crippen LogP contribution in [0.1, 0.15) is 18.1 Å². The fourth-order valence-corrected chi connectivity index (χ4v) is 4.08. The van der Waals surface area contributed by atoms with Gasteiger partial charge in [-0.15, -0.1) is 0 Å². The first-order chi connectivity index (χ1) is 14.0. The van der Waals surface area contributed by atoms with Crippen LogP contribution < -0.4 is 20.1 Å². The van der Waals surface area contributed by atoms with Gasteiger partial charge in [0, 0.05) is 5.69 Å². The Balaban J connectivity index is 1.84. The predicted molar refractivity (Wildman–Crippen MR) is 106 cm³/mol. The van der Waals surface area contributed by atoms with Gasteiger partial charge in [-0.2, -0.15) is 0 Å². The molecule has 2 aromatic rings. The third kappa shape index (κ3) is 4.20. The van der Waals surface area contributed by atoms with Gasteiger partial charge in [-0.25, -0.2) is 18.0 Å². The quantitative estimate of drug-likeness (QED) is 0.481. The van der Waals surface area contributed by atoms with E-state index in [9.17, 15) is 22.8 Å². The first-order valence-corrected chi connectivity index (χ1v) is 10.2. The SMILES string of the molecule is Cc1cc(S(=O)(=O)Nc2cccc(C3(C)NC(=O)NC3=O)c2)ccc1OCC(=O)O. The number of carbonyl (C=O) groups excluding carboxylic acids is 2. The van der Waals surface area contributed by atoms with Crippen molar-refractivity contribution in [1.82, 2.24) is 10.6 Å². The van der Waals surface area contributed by atoms with E-state index >= 15 is 0 Å². The number of carbonyl (C=O) groups is 3. The van der Waals surface area contributed by atoms with Crippen LogP contribution in [0.3, 0.4) is 0 Å². The minimum absolute atomic E-state index is 0.0498. The number of carboxylic acid groups (broad SMARTS) is 1. The first-order valence-electron chi connectivity index (χ1n) is 8.73. The summed E-state index contributed by atoms with van der Waals surface area (Å²) in [5, 5.41) is 13.4. The van der Waals surface area contributed by atoms with E-state index in [0.717, 1.165) is 0 Å². The monoisotopic (exact) mass is 433 g/mol. The maximum atomic E-state index is 12.8. The van der Waals surface area contributed by atoms with Crippen LogP contribution >= 0.6 is 0 Å². The average molecular weight is 433 g/mol. The van der Waals surface area contributed by atoms with Crippen molar-refractivity contribution in [2.24, 2.45) is 0 Å². The highest BCUT2D eigenvalue weighted by Crippen LogP contribution is 2.28. The van der Waals surface area contributed by atoms with E-state index in [0.29, 0.717) is 11.1 Å². The normalized spacial score (nSPS) is 18.5. The molecule has 0 aromatic heterocycles. The van der Waals surface area contributed by atoms with Gasteiger partial charge < -0.3 is 15.2 Å². The highest BCUT2D eigenvalue weighted by atomic mass is 32.2. The molecule has 1 fully saturated rings. The Bertz CT molecular complexity index is 1150. The van der Waals surface area contributed by atoms with Crippen LogP contribution in [0.15, 0.2) is 47.4 Å². The van der Waals surface area contributed by atoms with Crippen molar-refractivity contribution in [3.63, 3.8) is 0 Å². The minimum Gasteiger partial charge on any atom is -0.482 e. The molecule has 0 bridgehead atoms. The highest BCUT2D eigenvalue weighted by molar-refractivity contribution is 7.92. The van der Waals surface area contributed by atoms with Gasteiger partial charge in [-0.3, -0.25) is 14.8 Å². The molecule has 11 heteroatoms. The van der Waals surface area contributed by atoms with Crippen LogP contribution in [-0.4, -0.2) is 38.0 Å². The molecule has 1 aliphatic heterocycles. The van der Waals surface area contributed by atoms with E-state index in [2.05, 4.69) is 15.4 Å². The number of rotatable bonds is 7. The summed E-state index contributed by atoms with van der Waals surface area (Å²) in [6.07, 6.45) is 0. The number of amides is 3. The summed E-state index contributed by atoms with van der Waals surface area (Å²) >= 11 is 0. The zero-order valence-corrected chi connectivity index (χ0v) is 16.9. The van der Waals surface area contributed by atoms with Gasteiger partial charge in [0.1, 0.15) is 11.3 Å². The number of anilines is 1. The lowest BCUT2D eigenvalue weighted by molar-refractivity contribution is -0.139. The number of aryl methyl sites for hydroxylation is 1.